The van der Waals surface area contributed by atoms with Crippen molar-refractivity contribution >= 4 is 30.3 Å². The van der Waals surface area contributed by atoms with Crippen LogP contribution in [0.1, 0.15) is 59.6 Å². The minimum Gasteiger partial charge on any atom is -0.480 e. The summed E-state index contributed by atoms with van der Waals surface area (Å²) in [6.07, 6.45) is -0.167. The topological polar surface area (TPSA) is 66.5 Å². The summed E-state index contributed by atoms with van der Waals surface area (Å²) in [5.74, 6) is -0.298. The van der Waals surface area contributed by atoms with Crippen LogP contribution in [0.4, 0.5) is 9.18 Å². The highest BCUT2D eigenvalue weighted by Crippen LogP contribution is 2.48. The van der Waals surface area contributed by atoms with E-state index in [2.05, 4.69) is 0 Å². The third kappa shape index (κ3) is 4.92. The molecule has 2 atom stereocenters. The minimum atomic E-state index is -1.10. The predicted molar refractivity (Wildman–Crippen MR) is 147 cm³/mol. The molecule has 2 fully saturated rings. The molecule has 7 nitrogen and oxygen atoms in total. The lowest BCUT2D eigenvalue weighted by Gasteiger charge is -2.45. The number of hydrogen-bond donors (Lipinski definition) is 0. The Hall–Kier alpha value is -2.33. The molecule has 0 bridgehead atoms. The van der Waals surface area contributed by atoms with Gasteiger partial charge < -0.3 is 23.5 Å². The molecule has 1 unspecified atom stereocenters. The predicted octanol–water partition coefficient (Wildman–Crippen LogP) is 5.24. The molecule has 0 N–H and O–H groups in total. The van der Waals surface area contributed by atoms with Gasteiger partial charge in [0.1, 0.15) is 23.2 Å². The van der Waals surface area contributed by atoms with Crippen LogP contribution in [0.25, 0.3) is 0 Å². The maximum Gasteiger partial charge on any atom is 0.496 e. The fourth-order valence-corrected chi connectivity index (χ4v) is 5.68. The van der Waals surface area contributed by atoms with Crippen molar-refractivity contribution in [2.45, 2.75) is 83.3 Å². The number of fused-ring (bicyclic) bond motifs is 1. The number of hydrogen-bond acceptors (Lipinski definition) is 6. The van der Waals surface area contributed by atoms with Crippen molar-refractivity contribution in [2.75, 3.05) is 19.8 Å². The molecule has 3 aliphatic rings. The number of ether oxygens (including phenoxy) is 3. The van der Waals surface area contributed by atoms with Crippen LogP contribution < -0.4 is 10.2 Å². The molecule has 3 aliphatic heterocycles. The van der Waals surface area contributed by atoms with Gasteiger partial charge >= 0.3 is 13.2 Å². The molecule has 3 heterocycles. The summed E-state index contributed by atoms with van der Waals surface area (Å²) in [6.45, 7) is 14.1. The lowest BCUT2D eigenvalue weighted by molar-refractivity contribution is -0.0957. The fourth-order valence-electron chi connectivity index (χ4n) is 5.42. The van der Waals surface area contributed by atoms with Crippen molar-refractivity contribution in [3.8, 4) is 5.75 Å². The largest absolute Gasteiger partial charge is 0.496 e. The molecule has 0 aliphatic carbocycles. The van der Waals surface area contributed by atoms with E-state index in [1.54, 1.807) is 4.90 Å². The molecule has 39 heavy (non-hydrogen) atoms. The number of benzene rings is 2. The number of rotatable bonds is 3. The van der Waals surface area contributed by atoms with Crippen LogP contribution in [0.3, 0.4) is 0 Å². The molecule has 0 spiro atoms. The SMILES string of the molecule is CC(C)(C)OC(=O)N1CCOCC1[C@@]1(c2ccccc2)Cc2c(cc(F)c(Cl)c2B2OC(C)(C)C(C)(C)O2)O1. The van der Waals surface area contributed by atoms with Gasteiger partial charge in [0, 0.05) is 30.1 Å². The van der Waals surface area contributed by atoms with Crippen molar-refractivity contribution in [3.05, 3.63) is 58.4 Å². The molecule has 0 aromatic heterocycles. The first kappa shape index (κ1) is 28.2. The van der Waals surface area contributed by atoms with Gasteiger partial charge in [0.2, 0.25) is 0 Å². The molecule has 10 heteroatoms. The first-order valence-electron chi connectivity index (χ1n) is 13.3. The van der Waals surface area contributed by atoms with E-state index in [1.807, 2.05) is 78.8 Å². The van der Waals surface area contributed by atoms with Crippen LogP contribution in [-0.2, 0) is 30.8 Å². The van der Waals surface area contributed by atoms with E-state index < -0.39 is 47.5 Å². The van der Waals surface area contributed by atoms with Gasteiger partial charge in [-0.25, -0.2) is 9.18 Å². The Morgan fingerprint density at radius 3 is 2.38 bits per heavy atom. The molecule has 0 radical (unpaired) electrons. The van der Waals surface area contributed by atoms with Gasteiger partial charge in [0.05, 0.1) is 29.4 Å². The number of carbonyl (C=O) groups is 1. The second kappa shape index (κ2) is 9.65. The van der Waals surface area contributed by atoms with Crippen LogP contribution in [0, 0.1) is 5.82 Å². The van der Waals surface area contributed by atoms with Crippen LogP contribution in [0.2, 0.25) is 5.02 Å². The Morgan fingerprint density at radius 2 is 1.77 bits per heavy atom. The average molecular weight is 560 g/mol. The highest BCUT2D eigenvalue weighted by Gasteiger charge is 2.57. The smallest absolute Gasteiger partial charge is 0.480 e. The summed E-state index contributed by atoms with van der Waals surface area (Å²) in [5.41, 5.74) is -1.18. The van der Waals surface area contributed by atoms with E-state index in [-0.39, 0.29) is 11.6 Å². The summed E-state index contributed by atoms with van der Waals surface area (Å²) < 4.78 is 46.3. The number of carbonyl (C=O) groups excluding carboxylic acids is 1. The Labute approximate surface area is 235 Å². The van der Waals surface area contributed by atoms with Crippen molar-refractivity contribution < 1.29 is 32.7 Å². The zero-order valence-electron chi connectivity index (χ0n) is 23.6. The summed E-state index contributed by atoms with van der Waals surface area (Å²) >= 11 is 6.62. The van der Waals surface area contributed by atoms with Crippen LogP contribution in [0.5, 0.6) is 5.75 Å². The van der Waals surface area contributed by atoms with Crippen LogP contribution in [-0.4, -0.2) is 60.7 Å². The van der Waals surface area contributed by atoms with Gasteiger partial charge in [-0.2, -0.15) is 0 Å². The molecule has 5 rings (SSSR count). The molecule has 1 amide bonds. The molecule has 0 saturated carbocycles. The molecule has 2 aromatic carbocycles. The Bertz CT molecular complexity index is 1250. The third-order valence-electron chi connectivity index (χ3n) is 8.10. The van der Waals surface area contributed by atoms with E-state index in [9.17, 15) is 4.79 Å². The third-order valence-corrected chi connectivity index (χ3v) is 8.49. The molecule has 210 valence electrons. The minimum absolute atomic E-state index is 0.0661. The van der Waals surface area contributed by atoms with Gasteiger partial charge in [-0.15, -0.1) is 0 Å². The first-order valence-corrected chi connectivity index (χ1v) is 13.7. The van der Waals surface area contributed by atoms with E-state index in [0.29, 0.717) is 36.3 Å². The van der Waals surface area contributed by atoms with E-state index in [1.165, 1.54) is 6.07 Å². The van der Waals surface area contributed by atoms with Crippen molar-refractivity contribution in [1.29, 1.82) is 0 Å². The lowest BCUT2D eigenvalue weighted by Crippen LogP contribution is -2.61. The average Bonchev–Trinajstić information content (AvgIpc) is 3.33. The molecular weight excluding hydrogens is 524 g/mol. The lowest BCUT2D eigenvalue weighted by atomic mass is 9.72. The number of amides is 1. The Balaban J connectivity index is 1.63. The van der Waals surface area contributed by atoms with Gasteiger partial charge in [-0.05, 0) is 54.0 Å². The summed E-state index contributed by atoms with van der Waals surface area (Å²) in [5, 5.41) is -0.0661. The van der Waals surface area contributed by atoms with Gasteiger partial charge in [-0.3, -0.25) is 4.90 Å². The highest BCUT2D eigenvalue weighted by atomic mass is 35.5. The van der Waals surface area contributed by atoms with Crippen molar-refractivity contribution in [3.63, 3.8) is 0 Å². The van der Waals surface area contributed by atoms with Gasteiger partial charge in [-0.1, -0.05) is 41.9 Å². The summed E-state index contributed by atoms with van der Waals surface area (Å²) in [7, 11) is -0.897. The summed E-state index contributed by atoms with van der Waals surface area (Å²) in [6, 6.07) is 10.4. The highest BCUT2D eigenvalue weighted by molar-refractivity contribution is 6.66. The number of halogens is 2. The summed E-state index contributed by atoms with van der Waals surface area (Å²) in [4.78, 5) is 15.1. The first-order chi connectivity index (χ1) is 18.2. The maximum absolute atomic E-state index is 15.3. The van der Waals surface area contributed by atoms with E-state index in [0.717, 1.165) is 5.56 Å². The van der Waals surface area contributed by atoms with Crippen LogP contribution >= 0.6 is 11.6 Å². The zero-order chi connectivity index (χ0) is 28.4. The van der Waals surface area contributed by atoms with Crippen molar-refractivity contribution in [2.24, 2.45) is 0 Å². The second-order valence-electron chi connectivity index (χ2n) is 12.4. The normalized spacial score (nSPS) is 25.8. The molecule has 2 saturated heterocycles. The Kier molecular flexibility index (Phi) is 6.98. The molecule has 2 aromatic rings. The van der Waals surface area contributed by atoms with E-state index >= 15 is 4.39 Å². The van der Waals surface area contributed by atoms with Crippen molar-refractivity contribution in [1.82, 2.24) is 4.90 Å². The maximum atomic E-state index is 15.3. The number of nitrogens with zero attached hydrogens (tertiary/aromatic N) is 1. The standard InChI is InChI=1S/C29H36BClFNO6/c1-26(2,3)37-25(34)33-13-14-35-17-22(33)29(18-11-9-8-10-12-18)16-19-21(36-29)15-20(32)24(31)23(19)30-38-27(4,5)28(6,7)39-30/h8-12,15,22H,13-14,16-17H2,1-7H3/t22?,29-/m0/s1. The Morgan fingerprint density at radius 1 is 1.13 bits per heavy atom. The van der Waals surface area contributed by atoms with Gasteiger partial charge in [0.25, 0.3) is 0 Å². The van der Waals surface area contributed by atoms with Crippen LogP contribution in [0.15, 0.2) is 36.4 Å². The fraction of sp³-hybridized carbons (Fsp3) is 0.552. The second-order valence-corrected chi connectivity index (χ2v) is 12.8. The van der Waals surface area contributed by atoms with E-state index in [4.69, 9.17) is 35.1 Å². The zero-order valence-corrected chi connectivity index (χ0v) is 24.4. The van der Waals surface area contributed by atoms with Gasteiger partial charge in [0.15, 0.2) is 5.60 Å². The quantitative estimate of drug-likeness (QED) is 0.479. The molecular formula is C29H36BClFNO6. The number of morpholine rings is 1. The monoisotopic (exact) mass is 559 g/mol.